The first kappa shape index (κ1) is 22.1. The Morgan fingerprint density at radius 1 is 0.939 bits per heavy atom. The highest BCUT2D eigenvalue weighted by molar-refractivity contribution is 5.94. The van der Waals surface area contributed by atoms with Crippen molar-refractivity contribution in [1.82, 2.24) is 15.1 Å². The van der Waals surface area contributed by atoms with Crippen molar-refractivity contribution in [2.24, 2.45) is 0 Å². The first-order valence-corrected chi connectivity index (χ1v) is 10.3. The zero-order valence-electron chi connectivity index (χ0n) is 17.5. The van der Waals surface area contributed by atoms with Gasteiger partial charge in [-0.15, -0.1) is 0 Å². The van der Waals surface area contributed by atoms with Crippen LogP contribution in [0.4, 0.5) is 19.0 Å². The summed E-state index contributed by atoms with van der Waals surface area (Å²) in [5.41, 5.74) is 8.14. The van der Waals surface area contributed by atoms with Crippen LogP contribution in [0.1, 0.15) is 21.5 Å². The van der Waals surface area contributed by atoms with E-state index in [0.29, 0.717) is 29.1 Å². The predicted molar refractivity (Wildman–Crippen MR) is 121 cm³/mol. The number of hydrogen-bond acceptors (Lipinski definition) is 3. The number of hydrogen-bond donors (Lipinski definition) is 2. The van der Waals surface area contributed by atoms with Gasteiger partial charge in [0.05, 0.1) is 16.9 Å². The minimum atomic E-state index is -4.44. The fourth-order valence-corrected chi connectivity index (χ4v) is 3.42. The van der Waals surface area contributed by atoms with Crippen LogP contribution in [0.3, 0.4) is 0 Å². The molecule has 4 rings (SSSR count). The summed E-state index contributed by atoms with van der Waals surface area (Å²) in [5, 5.41) is 7.24. The molecule has 3 N–H and O–H groups in total. The molecule has 0 aliphatic rings. The first-order valence-electron chi connectivity index (χ1n) is 10.3. The van der Waals surface area contributed by atoms with Gasteiger partial charge in [-0.3, -0.25) is 4.79 Å². The number of alkyl halides is 3. The number of nitrogen functional groups attached to an aromatic ring is 1. The second-order valence-electron chi connectivity index (χ2n) is 7.48. The fourth-order valence-electron chi connectivity index (χ4n) is 3.42. The molecule has 0 fully saturated rings. The summed E-state index contributed by atoms with van der Waals surface area (Å²) >= 11 is 0. The van der Waals surface area contributed by atoms with E-state index in [1.807, 2.05) is 30.3 Å². The summed E-state index contributed by atoms with van der Waals surface area (Å²) in [6.45, 7) is 0.511. The summed E-state index contributed by atoms with van der Waals surface area (Å²) in [6, 6.07) is 23.0. The number of carbonyl (C=O) groups excluding carboxylic acids is 1. The van der Waals surface area contributed by atoms with Crippen molar-refractivity contribution in [1.29, 1.82) is 0 Å². The third-order valence-corrected chi connectivity index (χ3v) is 5.14. The van der Waals surface area contributed by atoms with Crippen LogP contribution >= 0.6 is 0 Å². The van der Waals surface area contributed by atoms with Crippen molar-refractivity contribution in [3.8, 4) is 16.9 Å². The van der Waals surface area contributed by atoms with Crippen molar-refractivity contribution in [3.05, 3.63) is 102 Å². The monoisotopic (exact) mass is 450 g/mol. The molecule has 0 radical (unpaired) electrons. The lowest BCUT2D eigenvalue weighted by atomic mass is 10.1. The minimum Gasteiger partial charge on any atom is -0.384 e. The highest BCUT2D eigenvalue weighted by atomic mass is 19.4. The summed E-state index contributed by atoms with van der Waals surface area (Å²) in [6.07, 6.45) is -3.71. The third-order valence-electron chi connectivity index (χ3n) is 5.14. The lowest BCUT2D eigenvalue weighted by Gasteiger charge is -2.08. The van der Waals surface area contributed by atoms with E-state index in [1.54, 1.807) is 30.3 Å². The van der Waals surface area contributed by atoms with Gasteiger partial charge in [-0.25, -0.2) is 4.68 Å². The summed E-state index contributed by atoms with van der Waals surface area (Å²) < 4.78 is 40.5. The van der Waals surface area contributed by atoms with Crippen molar-refractivity contribution in [2.75, 3.05) is 12.3 Å². The molecule has 33 heavy (non-hydrogen) atoms. The molecule has 8 heteroatoms. The first-order chi connectivity index (χ1) is 15.8. The summed E-state index contributed by atoms with van der Waals surface area (Å²) in [4.78, 5) is 12.4. The van der Waals surface area contributed by atoms with Crippen LogP contribution in [0.2, 0.25) is 0 Å². The van der Waals surface area contributed by atoms with E-state index >= 15 is 0 Å². The smallest absolute Gasteiger partial charge is 0.384 e. The van der Waals surface area contributed by atoms with Crippen molar-refractivity contribution < 1.29 is 18.0 Å². The van der Waals surface area contributed by atoms with Gasteiger partial charge in [-0.05, 0) is 48.4 Å². The average molecular weight is 450 g/mol. The quantitative estimate of drug-likeness (QED) is 0.429. The largest absolute Gasteiger partial charge is 0.416 e. The molecule has 5 nitrogen and oxygen atoms in total. The number of anilines is 1. The van der Waals surface area contributed by atoms with Crippen LogP contribution in [-0.4, -0.2) is 22.2 Å². The SMILES string of the molecule is Nc1cc(-c2cccc(C(F)(F)F)c2)nn1-c1ccc(C(=O)NCCc2ccccc2)cc1. The number of amides is 1. The Morgan fingerprint density at radius 2 is 1.67 bits per heavy atom. The highest BCUT2D eigenvalue weighted by Gasteiger charge is 2.30. The average Bonchev–Trinajstić information content (AvgIpc) is 3.21. The Morgan fingerprint density at radius 3 is 2.36 bits per heavy atom. The van der Waals surface area contributed by atoms with Gasteiger partial charge in [0, 0.05) is 23.7 Å². The van der Waals surface area contributed by atoms with Gasteiger partial charge in [0.15, 0.2) is 0 Å². The van der Waals surface area contributed by atoms with Crippen LogP contribution < -0.4 is 11.1 Å². The second-order valence-corrected chi connectivity index (χ2v) is 7.48. The maximum absolute atomic E-state index is 13.0. The number of nitrogens with one attached hydrogen (secondary N) is 1. The maximum atomic E-state index is 13.0. The van der Waals surface area contributed by atoms with E-state index in [9.17, 15) is 18.0 Å². The van der Waals surface area contributed by atoms with Crippen molar-refractivity contribution in [3.63, 3.8) is 0 Å². The summed E-state index contributed by atoms with van der Waals surface area (Å²) in [5.74, 6) is 0.0676. The summed E-state index contributed by atoms with van der Waals surface area (Å²) in [7, 11) is 0. The number of nitrogens with zero attached hydrogens (tertiary/aromatic N) is 2. The molecule has 0 saturated carbocycles. The predicted octanol–water partition coefficient (Wildman–Crippen LogP) is 5.11. The zero-order chi connectivity index (χ0) is 23.4. The molecule has 0 aliphatic carbocycles. The van der Waals surface area contributed by atoms with Crippen LogP contribution in [0, 0.1) is 0 Å². The van der Waals surface area contributed by atoms with Gasteiger partial charge < -0.3 is 11.1 Å². The van der Waals surface area contributed by atoms with E-state index in [4.69, 9.17) is 5.73 Å². The number of benzene rings is 3. The molecule has 0 bridgehead atoms. The van der Waals surface area contributed by atoms with Gasteiger partial charge in [0.25, 0.3) is 5.91 Å². The molecule has 0 unspecified atom stereocenters. The van der Waals surface area contributed by atoms with Crippen LogP contribution in [0.25, 0.3) is 16.9 Å². The molecule has 4 aromatic rings. The zero-order valence-corrected chi connectivity index (χ0v) is 17.5. The van der Waals surface area contributed by atoms with Crippen LogP contribution in [-0.2, 0) is 12.6 Å². The molecule has 0 saturated heterocycles. The van der Waals surface area contributed by atoms with Crippen LogP contribution in [0.5, 0.6) is 0 Å². The fraction of sp³-hybridized carbons (Fsp3) is 0.120. The van der Waals surface area contributed by atoms with E-state index in [0.717, 1.165) is 24.1 Å². The van der Waals surface area contributed by atoms with Gasteiger partial charge >= 0.3 is 6.18 Å². The van der Waals surface area contributed by atoms with E-state index in [2.05, 4.69) is 10.4 Å². The number of nitrogens with two attached hydrogens (primary N) is 1. The molecule has 1 heterocycles. The standard InChI is InChI=1S/C25H21F3N4O/c26-25(27,28)20-8-4-7-19(15-20)22-16-23(29)32(31-22)21-11-9-18(10-12-21)24(33)30-14-13-17-5-2-1-3-6-17/h1-12,15-16H,13-14,29H2,(H,30,33). The second kappa shape index (κ2) is 9.20. The number of carbonyl (C=O) groups is 1. The molecular formula is C25H21F3N4O. The molecule has 1 amide bonds. The lowest BCUT2D eigenvalue weighted by Crippen LogP contribution is -2.25. The Bertz CT molecular complexity index is 1250. The Labute approximate surface area is 188 Å². The molecule has 0 atom stereocenters. The maximum Gasteiger partial charge on any atom is 0.416 e. The molecular weight excluding hydrogens is 429 g/mol. The topological polar surface area (TPSA) is 72.9 Å². The number of halogens is 3. The molecule has 0 spiro atoms. The molecule has 3 aromatic carbocycles. The number of rotatable bonds is 6. The molecule has 1 aromatic heterocycles. The highest BCUT2D eigenvalue weighted by Crippen LogP contribution is 2.32. The Kier molecular flexibility index (Phi) is 6.17. The van der Waals surface area contributed by atoms with Crippen molar-refractivity contribution in [2.45, 2.75) is 12.6 Å². The lowest BCUT2D eigenvalue weighted by molar-refractivity contribution is -0.137. The molecule has 0 aliphatic heterocycles. The third kappa shape index (κ3) is 5.23. The Balaban J connectivity index is 1.46. The van der Waals surface area contributed by atoms with Crippen LogP contribution in [0.15, 0.2) is 84.9 Å². The van der Waals surface area contributed by atoms with Gasteiger partial charge in [-0.1, -0.05) is 42.5 Å². The molecule has 168 valence electrons. The van der Waals surface area contributed by atoms with Gasteiger partial charge in [-0.2, -0.15) is 18.3 Å². The van der Waals surface area contributed by atoms with E-state index < -0.39 is 11.7 Å². The number of aromatic nitrogens is 2. The van der Waals surface area contributed by atoms with Crippen molar-refractivity contribution >= 4 is 11.7 Å². The van der Waals surface area contributed by atoms with Gasteiger partial charge in [0.1, 0.15) is 5.82 Å². The Hall–Kier alpha value is -4.07. The minimum absolute atomic E-state index is 0.199. The normalized spacial score (nSPS) is 11.4. The van der Waals surface area contributed by atoms with Gasteiger partial charge in [0.2, 0.25) is 0 Å². The van der Waals surface area contributed by atoms with E-state index in [-0.39, 0.29) is 11.7 Å². The van der Waals surface area contributed by atoms with E-state index in [1.165, 1.54) is 16.8 Å².